The average Bonchev–Trinajstić information content (AvgIpc) is 3.91. The summed E-state index contributed by atoms with van der Waals surface area (Å²) >= 11 is 10.1. The van der Waals surface area contributed by atoms with E-state index in [4.69, 9.17) is 16.6 Å². The fourth-order valence-electron chi connectivity index (χ4n) is 8.58. The van der Waals surface area contributed by atoms with E-state index in [1.807, 2.05) is 17.4 Å². The van der Waals surface area contributed by atoms with Gasteiger partial charge in [-0.05, 0) is 69.2 Å². The number of benzene rings is 8. The summed E-state index contributed by atoms with van der Waals surface area (Å²) in [4.78, 5) is 9.30. The summed E-state index contributed by atoms with van der Waals surface area (Å²) in [7, 11) is 0. The highest BCUT2D eigenvalue weighted by Gasteiger charge is 2.23. The minimum atomic E-state index is 0.263. The Morgan fingerprint density at radius 3 is 1.81 bits per heavy atom. The standard InChI is InChI=1S/C48H26ClN3S2/c49-48-50-43(47-44(51-48)36-14-6-8-16-39(36)54-47)30-19-17-27(18-20-30)28-21-24-31(25-22-28)52-37-26-23-29-9-1-2-10-32(29)40(37)41-33-11-3-4-12-34(33)46-42(45(41)52)35-13-5-7-15-38(35)53-46/h1-26H. The maximum atomic E-state index is 6.48. The number of halogens is 1. The first-order valence-electron chi connectivity index (χ1n) is 17.9. The van der Waals surface area contributed by atoms with E-state index in [0.717, 1.165) is 43.7 Å². The number of nitrogens with zero attached hydrogens (tertiary/aromatic N) is 3. The summed E-state index contributed by atoms with van der Waals surface area (Å²) < 4.78 is 7.38. The lowest BCUT2D eigenvalue weighted by molar-refractivity contribution is 1.19. The van der Waals surface area contributed by atoms with E-state index in [1.165, 1.54) is 68.2 Å². The van der Waals surface area contributed by atoms with Crippen LogP contribution in [-0.4, -0.2) is 14.5 Å². The second-order valence-corrected chi connectivity index (χ2v) is 16.3. The number of rotatable bonds is 3. The molecule has 0 saturated carbocycles. The Balaban J connectivity index is 1.06. The van der Waals surface area contributed by atoms with Gasteiger partial charge in [0.1, 0.15) is 0 Å². The predicted molar refractivity (Wildman–Crippen MR) is 233 cm³/mol. The van der Waals surface area contributed by atoms with Gasteiger partial charge in [0.15, 0.2) is 0 Å². The van der Waals surface area contributed by atoms with Crippen LogP contribution < -0.4 is 0 Å². The lowest BCUT2D eigenvalue weighted by atomic mass is 9.97. The summed E-state index contributed by atoms with van der Waals surface area (Å²) in [6.07, 6.45) is 0. The first-order valence-corrected chi connectivity index (χ1v) is 19.9. The smallest absolute Gasteiger partial charge is 0.223 e. The number of hydrogen-bond acceptors (Lipinski definition) is 4. The van der Waals surface area contributed by atoms with Crippen LogP contribution in [0.15, 0.2) is 158 Å². The van der Waals surface area contributed by atoms with Gasteiger partial charge in [-0.3, -0.25) is 0 Å². The van der Waals surface area contributed by atoms with Crippen molar-refractivity contribution in [2.45, 2.75) is 0 Å². The molecule has 4 heterocycles. The minimum absolute atomic E-state index is 0.263. The molecule has 0 aliphatic carbocycles. The fraction of sp³-hybridized carbons (Fsp3) is 0. The van der Waals surface area contributed by atoms with Crippen LogP contribution in [0.4, 0.5) is 0 Å². The summed E-state index contributed by atoms with van der Waals surface area (Å²) in [5.41, 5.74) is 8.71. The van der Waals surface area contributed by atoms with E-state index in [-0.39, 0.29) is 5.28 Å². The van der Waals surface area contributed by atoms with Crippen LogP contribution in [0, 0.1) is 0 Å². The molecule has 4 aromatic heterocycles. The molecule has 12 rings (SSSR count). The van der Waals surface area contributed by atoms with E-state index in [2.05, 4.69) is 161 Å². The molecule has 0 N–H and O–H groups in total. The summed E-state index contributed by atoms with van der Waals surface area (Å²) in [6, 6.07) is 57.2. The number of fused-ring (bicyclic) bond motifs is 15. The van der Waals surface area contributed by atoms with Crippen molar-refractivity contribution in [1.82, 2.24) is 14.5 Å². The lowest BCUT2D eigenvalue weighted by Gasteiger charge is -2.12. The van der Waals surface area contributed by atoms with Gasteiger partial charge in [0.05, 0.1) is 26.9 Å². The normalized spacial score (nSPS) is 12.2. The third-order valence-electron chi connectivity index (χ3n) is 10.9. The van der Waals surface area contributed by atoms with Crippen LogP contribution >= 0.6 is 34.3 Å². The average molecular weight is 744 g/mol. The predicted octanol–water partition coefficient (Wildman–Crippen LogP) is 14.6. The van der Waals surface area contributed by atoms with Crippen LogP contribution in [-0.2, 0) is 0 Å². The summed E-state index contributed by atoms with van der Waals surface area (Å²) in [5, 5.41) is 11.7. The van der Waals surface area contributed by atoms with E-state index in [9.17, 15) is 0 Å². The molecular weight excluding hydrogens is 718 g/mol. The van der Waals surface area contributed by atoms with Crippen LogP contribution in [0.5, 0.6) is 0 Å². The van der Waals surface area contributed by atoms with Crippen molar-refractivity contribution in [3.05, 3.63) is 163 Å². The molecule has 0 bridgehead atoms. The Hall–Kier alpha value is -6.11. The van der Waals surface area contributed by atoms with Gasteiger partial charge in [-0.2, -0.15) is 0 Å². The number of aromatic nitrogens is 3. The molecule has 0 unspecified atom stereocenters. The van der Waals surface area contributed by atoms with Crippen molar-refractivity contribution in [2.75, 3.05) is 0 Å². The van der Waals surface area contributed by atoms with E-state index >= 15 is 0 Å². The molecule has 0 spiro atoms. The van der Waals surface area contributed by atoms with Crippen molar-refractivity contribution in [1.29, 1.82) is 0 Å². The highest BCUT2D eigenvalue weighted by molar-refractivity contribution is 7.27. The van der Waals surface area contributed by atoms with Gasteiger partial charge in [-0.25, -0.2) is 9.97 Å². The molecule has 0 atom stereocenters. The zero-order chi connectivity index (χ0) is 35.5. The molecule has 0 fully saturated rings. The zero-order valence-corrected chi connectivity index (χ0v) is 30.9. The first kappa shape index (κ1) is 30.4. The highest BCUT2D eigenvalue weighted by Crippen LogP contribution is 2.49. The molecule has 0 radical (unpaired) electrons. The lowest BCUT2D eigenvalue weighted by Crippen LogP contribution is -1.95. The van der Waals surface area contributed by atoms with Crippen LogP contribution in [0.2, 0.25) is 5.28 Å². The monoisotopic (exact) mass is 743 g/mol. The quantitative estimate of drug-likeness (QED) is 0.169. The van der Waals surface area contributed by atoms with Gasteiger partial charge in [0.25, 0.3) is 0 Å². The molecule has 0 aliphatic rings. The molecule has 6 heteroatoms. The minimum Gasteiger partial charge on any atom is -0.309 e. The molecule has 0 aliphatic heterocycles. The van der Waals surface area contributed by atoms with Crippen LogP contribution in [0.1, 0.15) is 0 Å². The van der Waals surface area contributed by atoms with E-state index in [1.54, 1.807) is 11.3 Å². The third-order valence-corrected chi connectivity index (χ3v) is 13.5. The van der Waals surface area contributed by atoms with Gasteiger partial charge in [0.2, 0.25) is 5.28 Å². The Kier molecular flexibility index (Phi) is 6.43. The topological polar surface area (TPSA) is 30.7 Å². The fourth-order valence-corrected chi connectivity index (χ4v) is 11.1. The largest absolute Gasteiger partial charge is 0.309 e. The van der Waals surface area contributed by atoms with Crippen LogP contribution in [0.3, 0.4) is 0 Å². The summed E-state index contributed by atoms with van der Waals surface area (Å²) in [5.74, 6) is 0. The summed E-state index contributed by atoms with van der Waals surface area (Å²) in [6.45, 7) is 0. The van der Waals surface area contributed by atoms with Gasteiger partial charge < -0.3 is 4.57 Å². The van der Waals surface area contributed by atoms with Gasteiger partial charge in [-0.1, -0.05) is 127 Å². The van der Waals surface area contributed by atoms with Crippen molar-refractivity contribution in [3.8, 4) is 28.1 Å². The molecule has 12 aromatic rings. The van der Waals surface area contributed by atoms with Gasteiger partial charge >= 0.3 is 0 Å². The second kappa shape index (κ2) is 11.4. The van der Waals surface area contributed by atoms with Gasteiger partial charge in [0, 0.05) is 57.7 Å². The SMILES string of the molecule is Clc1nc(-c2ccc(-c3ccc(-n4c5ccc6ccccc6c5c5c6ccccc6c6sc7ccccc7c6c54)cc3)cc2)c2sc3ccccc3c2n1. The Bertz CT molecular complexity index is 3500. The highest BCUT2D eigenvalue weighted by atomic mass is 35.5. The third kappa shape index (κ3) is 4.29. The molecule has 252 valence electrons. The van der Waals surface area contributed by atoms with Crippen molar-refractivity contribution in [3.63, 3.8) is 0 Å². The maximum absolute atomic E-state index is 6.48. The van der Waals surface area contributed by atoms with Gasteiger partial charge in [-0.15, -0.1) is 22.7 Å². The van der Waals surface area contributed by atoms with E-state index < -0.39 is 0 Å². The molecule has 8 aromatic carbocycles. The molecular formula is C48H26ClN3S2. The number of thiophene rings is 2. The maximum Gasteiger partial charge on any atom is 0.223 e. The first-order chi connectivity index (χ1) is 26.7. The Morgan fingerprint density at radius 1 is 0.444 bits per heavy atom. The molecule has 0 amide bonds. The Morgan fingerprint density at radius 2 is 1.04 bits per heavy atom. The molecule has 0 saturated heterocycles. The van der Waals surface area contributed by atoms with Crippen molar-refractivity contribution in [2.24, 2.45) is 0 Å². The molecule has 3 nitrogen and oxygen atoms in total. The second-order valence-electron chi connectivity index (χ2n) is 13.8. The van der Waals surface area contributed by atoms with Crippen molar-refractivity contribution < 1.29 is 0 Å². The molecule has 54 heavy (non-hydrogen) atoms. The van der Waals surface area contributed by atoms with Crippen LogP contribution in [0.25, 0.3) is 112 Å². The van der Waals surface area contributed by atoms with Crippen molar-refractivity contribution >= 4 is 118 Å². The zero-order valence-electron chi connectivity index (χ0n) is 28.5. The van der Waals surface area contributed by atoms with E-state index in [0.29, 0.717) is 0 Å². The number of hydrogen-bond donors (Lipinski definition) is 0. The Labute approximate surface area is 321 Å².